The fourth-order valence-electron chi connectivity index (χ4n) is 1.33. The molecule has 0 rings (SSSR count). The Morgan fingerprint density at radius 1 is 1.29 bits per heavy atom. The Bertz CT molecular complexity index is 349. The summed E-state index contributed by atoms with van der Waals surface area (Å²) in [5.41, 5.74) is 5.00. The van der Waals surface area contributed by atoms with Gasteiger partial charge in [0.1, 0.15) is 6.67 Å². The maximum absolute atomic E-state index is 11.5. The van der Waals surface area contributed by atoms with E-state index in [1.54, 1.807) is 0 Å². The van der Waals surface area contributed by atoms with Gasteiger partial charge < -0.3 is 26.6 Å². The highest BCUT2D eigenvalue weighted by molar-refractivity contribution is 5.81. The number of amides is 2. The summed E-state index contributed by atoms with van der Waals surface area (Å²) in [6.07, 6.45) is -1.89. The van der Waals surface area contributed by atoms with Crippen LogP contribution in [0.4, 0.5) is 0 Å². The van der Waals surface area contributed by atoms with Gasteiger partial charge in [0.15, 0.2) is 6.10 Å². The Morgan fingerprint density at radius 3 is 2.52 bits per heavy atom. The summed E-state index contributed by atoms with van der Waals surface area (Å²) < 4.78 is 0. The number of carbonyl (C=O) groups is 2. The average molecular weight is 303 g/mol. The Kier molecular flexibility index (Phi) is 10.1. The van der Waals surface area contributed by atoms with Gasteiger partial charge in [-0.3, -0.25) is 19.9 Å². The molecule has 0 aliphatic heterocycles. The van der Waals surface area contributed by atoms with Gasteiger partial charge in [-0.05, 0) is 20.3 Å². The highest BCUT2D eigenvalue weighted by atomic mass is 16.3. The van der Waals surface area contributed by atoms with E-state index < -0.39 is 18.1 Å². The van der Waals surface area contributed by atoms with Crippen LogP contribution in [-0.2, 0) is 9.59 Å². The van der Waals surface area contributed by atoms with Crippen LogP contribution in [0.3, 0.4) is 0 Å². The van der Waals surface area contributed by atoms with Crippen molar-refractivity contribution in [3.05, 3.63) is 0 Å². The second kappa shape index (κ2) is 11.0. The maximum atomic E-state index is 11.5. The number of hydrogen-bond donors (Lipinski definition) is 6. The van der Waals surface area contributed by atoms with E-state index >= 15 is 0 Å². The molecule has 0 heterocycles. The Labute approximate surface area is 124 Å². The zero-order chi connectivity index (χ0) is 16.3. The normalized spacial score (nSPS) is 14.1. The first-order valence-corrected chi connectivity index (χ1v) is 6.72. The summed E-state index contributed by atoms with van der Waals surface area (Å²) in [6, 6.07) is 0.187. The SMILES string of the molecule is CC(C)NCNC(=O)[C@@H](O)[C@H](O)CCC(=O)NCN=CN. The predicted molar refractivity (Wildman–Crippen MR) is 78.2 cm³/mol. The van der Waals surface area contributed by atoms with Crippen LogP contribution < -0.4 is 21.7 Å². The van der Waals surface area contributed by atoms with E-state index in [-0.39, 0.29) is 38.1 Å². The number of aliphatic hydroxyl groups excluding tert-OH is 2. The highest BCUT2D eigenvalue weighted by Crippen LogP contribution is 2.03. The molecule has 0 saturated heterocycles. The van der Waals surface area contributed by atoms with Crippen LogP contribution in [0.1, 0.15) is 26.7 Å². The van der Waals surface area contributed by atoms with Crippen LogP contribution in [0, 0.1) is 0 Å². The summed E-state index contributed by atoms with van der Waals surface area (Å²) >= 11 is 0. The quantitative estimate of drug-likeness (QED) is 0.151. The minimum absolute atomic E-state index is 0.0319. The Morgan fingerprint density at radius 2 is 1.95 bits per heavy atom. The lowest BCUT2D eigenvalue weighted by Gasteiger charge is -2.18. The number of nitrogens with one attached hydrogen (secondary N) is 3. The van der Waals surface area contributed by atoms with Crippen molar-refractivity contribution in [1.29, 1.82) is 0 Å². The van der Waals surface area contributed by atoms with Crippen LogP contribution in [0.15, 0.2) is 4.99 Å². The average Bonchev–Trinajstić information content (AvgIpc) is 2.43. The van der Waals surface area contributed by atoms with E-state index in [0.29, 0.717) is 0 Å². The summed E-state index contributed by atoms with van der Waals surface area (Å²) in [7, 11) is 0. The molecule has 0 fully saturated rings. The molecule has 0 saturated carbocycles. The number of nitrogens with two attached hydrogens (primary N) is 1. The number of nitrogens with zero attached hydrogens (tertiary/aromatic N) is 1. The van der Waals surface area contributed by atoms with Crippen LogP contribution in [0.5, 0.6) is 0 Å². The first kappa shape index (κ1) is 19.3. The highest BCUT2D eigenvalue weighted by Gasteiger charge is 2.24. The molecule has 7 N–H and O–H groups in total. The van der Waals surface area contributed by atoms with Gasteiger partial charge in [0.05, 0.1) is 19.1 Å². The lowest BCUT2D eigenvalue weighted by molar-refractivity contribution is -0.136. The molecule has 2 amide bonds. The number of aliphatic imine (C=N–C) groups is 1. The molecule has 2 atom stereocenters. The molecule has 0 aliphatic carbocycles. The van der Waals surface area contributed by atoms with Crippen molar-refractivity contribution in [2.45, 2.75) is 44.9 Å². The Balaban J connectivity index is 3.94. The third kappa shape index (κ3) is 9.77. The topological polar surface area (TPSA) is 149 Å². The molecule has 0 aromatic rings. The largest absolute Gasteiger partial charge is 0.390 e. The Hall–Kier alpha value is -1.71. The first-order chi connectivity index (χ1) is 9.88. The smallest absolute Gasteiger partial charge is 0.252 e. The van der Waals surface area contributed by atoms with Gasteiger partial charge >= 0.3 is 0 Å². The van der Waals surface area contributed by atoms with Gasteiger partial charge in [-0.2, -0.15) is 0 Å². The fraction of sp³-hybridized carbons (Fsp3) is 0.750. The number of aliphatic hydroxyl groups is 2. The number of carbonyl (C=O) groups excluding carboxylic acids is 2. The summed E-state index contributed by atoms with van der Waals surface area (Å²) in [6.45, 7) is 4.06. The molecule has 0 aromatic heterocycles. The van der Waals surface area contributed by atoms with Crippen molar-refractivity contribution in [3.8, 4) is 0 Å². The standard InChI is InChI=1S/C12H25N5O4/c1-8(2)15-7-17-12(21)11(20)9(18)3-4-10(19)16-6-14-5-13/h5,8-9,11,15,18,20H,3-4,6-7H2,1-2H3,(H2,13,14)(H,16,19)(H,17,21)/t9-,11+/m1/s1. The number of rotatable bonds is 10. The first-order valence-electron chi connectivity index (χ1n) is 6.72. The zero-order valence-electron chi connectivity index (χ0n) is 12.4. The maximum Gasteiger partial charge on any atom is 0.252 e. The second-order valence-electron chi connectivity index (χ2n) is 4.72. The zero-order valence-corrected chi connectivity index (χ0v) is 12.4. The van der Waals surface area contributed by atoms with Crippen molar-refractivity contribution in [2.24, 2.45) is 10.7 Å². The summed E-state index contributed by atoms with van der Waals surface area (Å²) in [5.74, 6) is -1.04. The van der Waals surface area contributed by atoms with Crippen molar-refractivity contribution in [1.82, 2.24) is 16.0 Å². The van der Waals surface area contributed by atoms with Crippen molar-refractivity contribution in [3.63, 3.8) is 0 Å². The van der Waals surface area contributed by atoms with Crippen LogP contribution in [-0.4, -0.2) is 60.0 Å². The molecular weight excluding hydrogens is 278 g/mol. The minimum Gasteiger partial charge on any atom is -0.390 e. The molecule has 122 valence electrons. The van der Waals surface area contributed by atoms with E-state index in [0.717, 1.165) is 6.34 Å². The lowest BCUT2D eigenvalue weighted by atomic mass is 10.1. The van der Waals surface area contributed by atoms with E-state index in [1.807, 2.05) is 13.8 Å². The molecule has 9 nitrogen and oxygen atoms in total. The van der Waals surface area contributed by atoms with Crippen LogP contribution >= 0.6 is 0 Å². The van der Waals surface area contributed by atoms with Crippen molar-refractivity contribution >= 4 is 18.2 Å². The predicted octanol–water partition coefficient (Wildman–Crippen LogP) is -2.38. The number of hydrogen-bond acceptors (Lipinski definition) is 6. The van der Waals surface area contributed by atoms with Gasteiger partial charge in [-0.15, -0.1) is 0 Å². The molecule has 0 spiro atoms. The second-order valence-corrected chi connectivity index (χ2v) is 4.72. The van der Waals surface area contributed by atoms with E-state index in [4.69, 9.17) is 5.73 Å². The molecule has 0 aromatic carbocycles. The third-order valence-electron chi connectivity index (χ3n) is 2.55. The summed E-state index contributed by atoms with van der Waals surface area (Å²) in [4.78, 5) is 26.4. The van der Waals surface area contributed by atoms with E-state index in [2.05, 4.69) is 20.9 Å². The summed E-state index contributed by atoms with van der Waals surface area (Å²) in [5, 5.41) is 27.1. The molecular formula is C12H25N5O4. The van der Waals surface area contributed by atoms with Gasteiger partial charge in [0.25, 0.3) is 5.91 Å². The van der Waals surface area contributed by atoms with E-state index in [1.165, 1.54) is 0 Å². The third-order valence-corrected chi connectivity index (χ3v) is 2.55. The van der Waals surface area contributed by atoms with Crippen molar-refractivity contribution < 1.29 is 19.8 Å². The molecule has 0 bridgehead atoms. The van der Waals surface area contributed by atoms with Crippen LogP contribution in [0.25, 0.3) is 0 Å². The van der Waals surface area contributed by atoms with Gasteiger partial charge in [-0.1, -0.05) is 0 Å². The molecule has 0 aliphatic rings. The fourth-order valence-corrected chi connectivity index (χ4v) is 1.33. The molecule has 9 heteroatoms. The van der Waals surface area contributed by atoms with Gasteiger partial charge in [0.2, 0.25) is 5.91 Å². The van der Waals surface area contributed by atoms with Crippen LogP contribution in [0.2, 0.25) is 0 Å². The van der Waals surface area contributed by atoms with Crippen molar-refractivity contribution in [2.75, 3.05) is 13.3 Å². The lowest BCUT2D eigenvalue weighted by Crippen LogP contribution is -2.46. The molecule has 0 unspecified atom stereocenters. The monoisotopic (exact) mass is 303 g/mol. The van der Waals surface area contributed by atoms with E-state index in [9.17, 15) is 19.8 Å². The molecule has 0 radical (unpaired) electrons. The van der Waals surface area contributed by atoms with Gasteiger partial charge in [0, 0.05) is 12.5 Å². The minimum atomic E-state index is -1.58. The molecule has 21 heavy (non-hydrogen) atoms. The van der Waals surface area contributed by atoms with Gasteiger partial charge in [-0.25, -0.2) is 0 Å².